The first-order valence-electron chi connectivity index (χ1n) is 7.60. The molecule has 2 N–H and O–H groups in total. The van der Waals surface area contributed by atoms with Gasteiger partial charge >= 0.3 is 0 Å². The number of aliphatic hydroxyl groups is 1. The molecular formula is C15H21N3O3S. The van der Waals surface area contributed by atoms with Crippen LogP contribution in [0.15, 0.2) is 12.1 Å². The highest BCUT2D eigenvalue weighted by Gasteiger charge is 2.33. The average molecular weight is 323 g/mol. The third kappa shape index (κ3) is 3.16. The number of aryl methyl sites for hydroxylation is 1. The Balaban J connectivity index is 1.54. The summed E-state index contributed by atoms with van der Waals surface area (Å²) in [7, 11) is 0. The quantitative estimate of drug-likeness (QED) is 0.807. The zero-order chi connectivity index (χ0) is 15.7. The molecule has 1 aromatic rings. The summed E-state index contributed by atoms with van der Waals surface area (Å²) in [6, 6.07) is 3.54. The third-order valence-electron chi connectivity index (χ3n) is 4.24. The second kappa shape index (κ2) is 6.36. The van der Waals surface area contributed by atoms with Gasteiger partial charge in [0.05, 0.1) is 17.0 Å². The smallest absolute Gasteiger partial charge is 0.264 e. The lowest BCUT2D eigenvalue weighted by atomic mass is 10.1. The maximum absolute atomic E-state index is 12.4. The molecule has 0 bridgehead atoms. The van der Waals surface area contributed by atoms with Gasteiger partial charge in [0.15, 0.2) is 0 Å². The summed E-state index contributed by atoms with van der Waals surface area (Å²) < 4.78 is 0. The van der Waals surface area contributed by atoms with E-state index in [4.69, 9.17) is 0 Å². The van der Waals surface area contributed by atoms with Gasteiger partial charge in [-0.1, -0.05) is 0 Å². The first-order valence-corrected chi connectivity index (χ1v) is 8.42. The topological polar surface area (TPSA) is 72.9 Å². The molecule has 2 unspecified atom stereocenters. The van der Waals surface area contributed by atoms with Gasteiger partial charge in [0.2, 0.25) is 5.91 Å². The molecule has 7 heteroatoms. The van der Waals surface area contributed by atoms with Crippen molar-refractivity contribution >= 4 is 23.2 Å². The number of rotatable bonds is 2. The third-order valence-corrected chi connectivity index (χ3v) is 5.22. The zero-order valence-corrected chi connectivity index (χ0v) is 13.4. The van der Waals surface area contributed by atoms with Crippen molar-refractivity contribution in [3.8, 4) is 0 Å². The number of β-amino-alcohol motifs (C(OH)–C–C–N with tert-alkyl or cyclic N) is 1. The number of nitrogens with zero attached hydrogens (tertiary/aromatic N) is 2. The fourth-order valence-corrected chi connectivity index (χ4v) is 3.80. The molecule has 0 aliphatic carbocycles. The van der Waals surface area contributed by atoms with E-state index in [2.05, 4.69) is 5.32 Å². The fourth-order valence-electron chi connectivity index (χ4n) is 2.96. The van der Waals surface area contributed by atoms with Gasteiger partial charge in [-0.3, -0.25) is 9.59 Å². The van der Waals surface area contributed by atoms with Crippen molar-refractivity contribution in [1.29, 1.82) is 0 Å². The van der Waals surface area contributed by atoms with Crippen molar-refractivity contribution in [2.24, 2.45) is 0 Å². The second-order valence-corrected chi connectivity index (χ2v) is 7.17. The molecule has 120 valence electrons. The summed E-state index contributed by atoms with van der Waals surface area (Å²) in [6.07, 6.45) is 0.0470. The van der Waals surface area contributed by atoms with Crippen LogP contribution in [0.4, 0.5) is 0 Å². The number of carbonyl (C=O) groups excluding carboxylic acids is 2. The Bertz CT molecular complexity index is 566. The summed E-state index contributed by atoms with van der Waals surface area (Å²) in [5, 5.41) is 12.6. The number of carbonyl (C=O) groups is 2. The molecule has 0 saturated carbocycles. The highest BCUT2D eigenvalue weighted by atomic mass is 32.1. The zero-order valence-electron chi connectivity index (χ0n) is 12.6. The Morgan fingerprint density at radius 2 is 1.91 bits per heavy atom. The Labute approximate surface area is 133 Å². The van der Waals surface area contributed by atoms with Crippen LogP contribution in [0.25, 0.3) is 0 Å². The highest BCUT2D eigenvalue weighted by Crippen LogP contribution is 2.19. The Morgan fingerprint density at radius 3 is 2.45 bits per heavy atom. The highest BCUT2D eigenvalue weighted by molar-refractivity contribution is 7.13. The lowest BCUT2D eigenvalue weighted by molar-refractivity contribution is -0.134. The van der Waals surface area contributed by atoms with E-state index >= 15 is 0 Å². The molecule has 6 nitrogen and oxygen atoms in total. The molecule has 2 aliphatic heterocycles. The normalized spacial score (nSPS) is 25.5. The van der Waals surface area contributed by atoms with Crippen molar-refractivity contribution in [2.75, 3.05) is 32.7 Å². The van der Waals surface area contributed by atoms with E-state index in [0.29, 0.717) is 39.1 Å². The van der Waals surface area contributed by atoms with Crippen LogP contribution in [0.3, 0.4) is 0 Å². The van der Waals surface area contributed by atoms with Crippen LogP contribution in [-0.4, -0.2) is 71.6 Å². The molecule has 2 fully saturated rings. The lowest BCUT2D eigenvalue weighted by Crippen LogP contribution is -2.54. The van der Waals surface area contributed by atoms with E-state index in [-0.39, 0.29) is 17.9 Å². The minimum Gasteiger partial charge on any atom is -0.392 e. The molecule has 2 atom stereocenters. The van der Waals surface area contributed by atoms with Crippen molar-refractivity contribution in [2.45, 2.75) is 25.5 Å². The SMILES string of the molecule is Cc1ccc(C(=O)N2CCN(C(=O)C3CC(O)CN3)CC2)s1. The Morgan fingerprint density at radius 1 is 1.23 bits per heavy atom. The van der Waals surface area contributed by atoms with E-state index < -0.39 is 6.10 Å². The molecule has 0 radical (unpaired) electrons. The number of amides is 2. The van der Waals surface area contributed by atoms with Gasteiger partial charge in [0, 0.05) is 37.6 Å². The summed E-state index contributed by atoms with van der Waals surface area (Å²) in [6.45, 7) is 4.72. The predicted molar refractivity (Wildman–Crippen MR) is 84.0 cm³/mol. The van der Waals surface area contributed by atoms with Crippen molar-refractivity contribution < 1.29 is 14.7 Å². The Hall–Kier alpha value is -1.44. The molecule has 22 heavy (non-hydrogen) atoms. The lowest BCUT2D eigenvalue weighted by Gasteiger charge is -2.35. The van der Waals surface area contributed by atoms with Crippen molar-refractivity contribution in [3.63, 3.8) is 0 Å². The largest absolute Gasteiger partial charge is 0.392 e. The maximum atomic E-state index is 12.4. The van der Waals surface area contributed by atoms with Crippen LogP contribution in [0, 0.1) is 6.92 Å². The standard InChI is InChI=1S/C15H21N3O3S/c1-10-2-3-13(22-10)15(21)18-6-4-17(5-7-18)14(20)12-8-11(19)9-16-12/h2-3,11-12,16,19H,4-9H2,1H3. The maximum Gasteiger partial charge on any atom is 0.264 e. The van der Waals surface area contributed by atoms with Gasteiger partial charge in [-0.2, -0.15) is 0 Å². The second-order valence-electron chi connectivity index (χ2n) is 5.88. The van der Waals surface area contributed by atoms with Crippen LogP contribution in [-0.2, 0) is 4.79 Å². The van der Waals surface area contributed by atoms with E-state index in [0.717, 1.165) is 9.75 Å². The van der Waals surface area contributed by atoms with Crippen LogP contribution in [0.5, 0.6) is 0 Å². The van der Waals surface area contributed by atoms with Crippen LogP contribution < -0.4 is 5.32 Å². The number of aliphatic hydroxyl groups excluding tert-OH is 1. The summed E-state index contributed by atoms with van der Waals surface area (Å²) >= 11 is 1.51. The predicted octanol–water partition coefficient (Wildman–Crippen LogP) is 0.0637. The number of thiophene rings is 1. The van der Waals surface area contributed by atoms with Gasteiger partial charge < -0.3 is 20.2 Å². The van der Waals surface area contributed by atoms with Gasteiger partial charge in [0.25, 0.3) is 5.91 Å². The van der Waals surface area contributed by atoms with Crippen LogP contribution in [0.1, 0.15) is 21.0 Å². The molecule has 3 rings (SSSR count). The summed E-state index contributed by atoms with van der Waals surface area (Å²) in [4.78, 5) is 30.2. The number of piperazine rings is 1. The first-order chi connectivity index (χ1) is 10.5. The van der Waals surface area contributed by atoms with Gasteiger partial charge in [0.1, 0.15) is 0 Å². The fraction of sp³-hybridized carbons (Fsp3) is 0.600. The van der Waals surface area contributed by atoms with Crippen molar-refractivity contribution in [1.82, 2.24) is 15.1 Å². The molecule has 1 aromatic heterocycles. The molecule has 0 aromatic carbocycles. The summed E-state index contributed by atoms with van der Waals surface area (Å²) in [5.41, 5.74) is 0. The number of nitrogens with one attached hydrogen (secondary N) is 1. The number of hydrogen-bond acceptors (Lipinski definition) is 5. The van der Waals surface area contributed by atoms with Crippen LogP contribution in [0.2, 0.25) is 0 Å². The molecule has 0 spiro atoms. The molecule has 2 saturated heterocycles. The molecular weight excluding hydrogens is 302 g/mol. The van der Waals surface area contributed by atoms with Crippen molar-refractivity contribution in [3.05, 3.63) is 21.9 Å². The average Bonchev–Trinajstić information content (AvgIpc) is 3.14. The molecule has 3 heterocycles. The number of hydrogen-bond donors (Lipinski definition) is 2. The van der Waals surface area contributed by atoms with E-state index in [9.17, 15) is 14.7 Å². The Kier molecular flexibility index (Phi) is 4.46. The van der Waals surface area contributed by atoms with E-state index in [1.807, 2.05) is 24.0 Å². The van der Waals surface area contributed by atoms with E-state index in [1.165, 1.54) is 11.3 Å². The van der Waals surface area contributed by atoms with Gasteiger partial charge in [-0.25, -0.2) is 0 Å². The van der Waals surface area contributed by atoms with Gasteiger partial charge in [-0.15, -0.1) is 11.3 Å². The summed E-state index contributed by atoms with van der Waals surface area (Å²) in [5.74, 6) is 0.0928. The first kappa shape index (κ1) is 15.5. The molecule has 2 aliphatic rings. The molecule has 2 amide bonds. The van der Waals surface area contributed by atoms with Crippen LogP contribution >= 0.6 is 11.3 Å². The minimum absolute atomic E-state index is 0.0376. The van der Waals surface area contributed by atoms with E-state index in [1.54, 1.807) is 4.90 Å². The van der Waals surface area contributed by atoms with Gasteiger partial charge in [-0.05, 0) is 25.5 Å². The monoisotopic (exact) mass is 323 g/mol. The minimum atomic E-state index is -0.432.